The zero-order valence-corrected chi connectivity index (χ0v) is 8.71. The Kier molecular flexibility index (Phi) is 2.94. The summed E-state index contributed by atoms with van der Waals surface area (Å²) in [7, 11) is -4.30. The van der Waals surface area contributed by atoms with Gasteiger partial charge in [0.05, 0.1) is 10.7 Å². The van der Waals surface area contributed by atoms with Crippen LogP contribution in [0.25, 0.3) is 0 Å². The van der Waals surface area contributed by atoms with E-state index in [2.05, 4.69) is 4.98 Å². The molecule has 0 radical (unpaired) electrons. The molecule has 0 bridgehead atoms. The van der Waals surface area contributed by atoms with Crippen LogP contribution in [0.15, 0.2) is 18.2 Å². The molecule has 0 aromatic heterocycles. The van der Waals surface area contributed by atoms with Gasteiger partial charge in [0.1, 0.15) is 0 Å². The molecule has 0 saturated heterocycles. The van der Waals surface area contributed by atoms with Crippen molar-refractivity contribution < 1.29 is 14.4 Å². The quantitative estimate of drug-likeness (QED) is 0.546. The summed E-state index contributed by atoms with van der Waals surface area (Å²) in [5.74, 6) is 0. The first-order chi connectivity index (χ1) is 5.90. The molecule has 0 saturated carbocycles. The molecule has 0 aliphatic carbocycles. The van der Waals surface area contributed by atoms with Gasteiger partial charge in [0.25, 0.3) is 0 Å². The van der Waals surface area contributed by atoms with Crippen molar-refractivity contribution in [1.29, 1.82) is 0 Å². The van der Waals surface area contributed by atoms with Gasteiger partial charge in [-0.25, -0.2) is 0 Å². The first kappa shape index (κ1) is 10.5. The fourth-order valence-corrected chi connectivity index (χ4v) is 1.97. The molecule has 4 nitrogen and oxygen atoms in total. The molecule has 0 fully saturated rings. The Morgan fingerprint density at radius 3 is 2.38 bits per heavy atom. The highest BCUT2D eigenvalue weighted by Gasteiger charge is 2.29. The average molecular weight is 220 g/mol. The van der Waals surface area contributed by atoms with Gasteiger partial charge in [-0.15, -0.1) is 0 Å². The molecule has 0 amide bonds. The van der Waals surface area contributed by atoms with Gasteiger partial charge in [-0.2, -0.15) is 0 Å². The van der Waals surface area contributed by atoms with E-state index in [0.717, 1.165) is 5.56 Å². The number of benzene rings is 1. The molecule has 72 valence electrons. The average Bonchev–Trinajstić information content (AvgIpc) is 1.95. The standard InChI is InChI=1S/C7H10ClNO3Si/c1-5-3-2-4-6(8)7(5)9-13(10,11)12/h2-4,9-12H,1H3. The number of halogens is 1. The van der Waals surface area contributed by atoms with Crippen LogP contribution in [0.4, 0.5) is 5.69 Å². The SMILES string of the molecule is Cc1cccc(Cl)c1N[Si](O)(O)O. The van der Waals surface area contributed by atoms with E-state index in [9.17, 15) is 0 Å². The number of anilines is 1. The highest BCUT2D eigenvalue weighted by Crippen LogP contribution is 2.25. The summed E-state index contributed by atoms with van der Waals surface area (Å²) in [6.07, 6.45) is 0. The van der Waals surface area contributed by atoms with Gasteiger partial charge in [-0.05, 0) is 18.6 Å². The molecule has 0 aliphatic rings. The second-order valence-electron chi connectivity index (χ2n) is 2.69. The monoisotopic (exact) mass is 219 g/mol. The molecule has 1 rings (SSSR count). The van der Waals surface area contributed by atoms with Crippen molar-refractivity contribution in [3.05, 3.63) is 28.8 Å². The van der Waals surface area contributed by atoms with Crippen molar-refractivity contribution in [3.63, 3.8) is 0 Å². The number of para-hydroxylation sites is 1. The van der Waals surface area contributed by atoms with Crippen LogP contribution in [0.3, 0.4) is 0 Å². The number of nitrogens with one attached hydrogen (secondary N) is 1. The number of aryl methyl sites for hydroxylation is 1. The molecule has 6 heteroatoms. The Morgan fingerprint density at radius 2 is 1.92 bits per heavy atom. The molecule has 0 spiro atoms. The molecular formula is C7H10ClNO3Si. The lowest BCUT2D eigenvalue weighted by Crippen LogP contribution is -2.45. The summed E-state index contributed by atoms with van der Waals surface area (Å²) in [4.78, 5) is 28.6. The van der Waals surface area contributed by atoms with E-state index >= 15 is 0 Å². The zero-order valence-electron chi connectivity index (χ0n) is 6.95. The smallest absolute Gasteiger partial charge is 0.373 e. The number of rotatable bonds is 2. The Labute approximate surface area is 81.9 Å². The maximum absolute atomic E-state index is 8.80. The maximum atomic E-state index is 8.80. The van der Waals surface area contributed by atoms with Gasteiger partial charge < -0.3 is 19.4 Å². The van der Waals surface area contributed by atoms with Crippen molar-refractivity contribution in [3.8, 4) is 0 Å². The summed E-state index contributed by atoms with van der Waals surface area (Å²) in [5, 5.41) is 0.342. The van der Waals surface area contributed by atoms with E-state index in [0.29, 0.717) is 10.7 Å². The third-order valence-corrected chi connectivity index (χ3v) is 2.42. The van der Waals surface area contributed by atoms with Crippen LogP contribution in [0.5, 0.6) is 0 Å². The number of hydrogen-bond donors (Lipinski definition) is 4. The van der Waals surface area contributed by atoms with Crippen molar-refractivity contribution in [1.82, 2.24) is 0 Å². The lowest BCUT2D eigenvalue weighted by molar-refractivity contribution is 0.239. The lowest BCUT2D eigenvalue weighted by Gasteiger charge is -2.15. The Bertz CT molecular complexity index is 293. The van der Waals surface area contributed by atoms with Gasteiger partial charge in [0.2, 0.25) is 0 Å². The molecule has 0 atom stereocenters. The van der Waals surface area contributed by atoms with Crippen LogP contribution in [-0.2, 0) is 0 Å². The van der Waals surface area contributed by atoms with E-state index in [-0.39, 0.29) is 0 Å². The summed E-state index contributed by atoms with van der Waals surface area (Å²) in [6, 6.07) is 5.07. The largest absolute Gasteiger partial charge is 0.622 e. The Balaban J connectivity index is 3.00. The first-order valence-electron chi connectivity index (χ1n) is 3.60. The second-order valence-corrected chi connectivity index (χ2v) is 4.62. The zero-order chi connectivity index (χ0) is 10.1. The van der Waals surface area contributed by atoms with Crippen molar-refractivity contribution in [2.24, 2.45) is 0 Å². The predicted octanol–water partition coefficient (Wildman–Crippen LogP) is 0.473. The minimum Gasteiger partial charge on any atom is -0.373 e. The molecule has 0 aliphatic heterocycles. The van der Waals surface area contributed by atoms with E-state index in [1.165, 1.54) is 0 Å². The van der Waals surface area contributed by atoms with Gasteiger partial charge in [0.15, 0.2) is 0 Å². The molecular weight excluding hydrogens is 210 g/mol. The summed E-state index contributed by atoms with van der Waals surface area (Å²) >= 11 is 5.76. The maximum Gasteiger partial charge on any atom is 0.622 e. The third kappa shape index (κ3) is 2.98. The van der Waals surface area contributed by atoms with Crippen molar-refractivity contribution >= 4 is 26.3 Å². The van der Waals surface area contributed by atoms with E-state index in [1.54, 1.807) is 25.1 Å². The minimum absolute atomic E-state index is 0.342. The molecule has 13 heavy (non-hydrogen) atoms. The van der Waals surface area contributed by atoms with Crippen LogP contribution < -0.4 is 4.98 Å². The minimum atomic E-state index is -4.30. The first-order valence-corrected chi connectivity index (χ1v) is 5.82. The fourth-order valence-electron chi connectivity index (χ4n) is 0.958. The third-order valence-electron chi connectivity index (χ3n) is 1.51. The van der Waals surface area contributed by atoms with Gasteiger partial charge in [0, 0.05) is 0 Å². The van der Waals surface area contributed by atoms with Crippen LogP contribution in [0.2, 0.25) is 5.02 Å². The van der Waals surface area contributed by atoms with Crippen LogP contribution in [0, 0.1) is 6.92 Å². The number of hydrogen-bond acceptors (Lipinski definition) is 4. The molecule has 1 aromatic carbocycles. The molecule has 1 aromatic rings. The summed E-state index contributed by atoms with van der Waals surface area (Å²) < 4.78 is 0. The molecule has 0 heterocycles. The highest BCUT2D eigenvalue weighted by molar-refractivity contribution is 6.60. The van der Waals surface area contributed by atoms with E-state index in [4.69, 9.17) is 26.0 Å². The van der Waals surface area contributed by atoms with Crippen molar-refractivity contribution in [2.75, 3.05) is 4.98 Å². The van der Waals surface area contributed by atoms with Crippen LogP contribution in [-0.4, -0.2) is 23.4 Å². The summed E-state index contributed by atoms with van der Waals surface area (Å²) in [5.41, 5.74) is 1.09. The highest BCUT2D eigenvalue weighted by atomic mass is 35.5. The van der Waals surface area contributed by atoms with E-state index < -0.39 is 8.97 Å². The van der Waals surface area contributed by atoms with Gasteiger partial charge in [-0.3, -0.25) is 0 Å². The summed E-state index contributed by atoms with van der Waals surface area (Å²) in [6.45, 7) is 1.74. The van der Waals surface area contributed by atoms with Crippen LogP contribution in [0.1, 0.15) is 5.56 Å². The van der Waals surface area contributed by atoms with Crippen molar-refractivity contribution in [2.45, 2.75) is 6.92 Å². The lowest BCUT2D eigenvalue weighted by atomic mass is 10.2. The molecule has 4 N–H and O–H groups in total. The van der Waals surface area contributed by atoms with Crippen LogP contribution >= 0.6 is 11.6 Å². The topological polar surface area (TPSA) is 72.7 Å². The molecule has 0 unspecified atom stereocenters. The van der Waals surface area contributed by atoms with E-state index in [1.807, 2.05) is 0 Å². The second kappa shape index (κ2) is 3.65. The van der Waals surface area contributed by atoms with Gasteiger partial charge >= 0.3 is 8.97 Å². The predicted molar refractivity (Wildman–Crippen MR) is 52.2 cm³/mol. The fraction of sp³-hybridized carbons (Fsp3) is 0.143. The van der Waals surface area contributed by atoms with Gasteiger partial charge in [-0.1, -0.05) is 23.7 Å². The normalized spacial score (nSPS) is 11.5. The Morgan fingerprint density at radius 1 is 1.31 bits per heavy atom. The Hall–Kier alpha value is -0.593.